The quantitative estimate of drug-likeness (QED) is 0.825. The van der Waals surface area contributed by atoms with E-state index in [9.17, 15) is 5.11 Å². The smallest absolute Gasteiger partial charge is 0.0715 e. The average molecular weight is 208 g/mol. The Kier molecular flexibility index (Phi) is 2.83. The lowest BCUT2D eigenvalue weighted by atomic mass is 10.1. The normalized spacial score (nSPS) is 18.5. The van der Waals surface area contributed by atoms with Gasteiger partial charge in [0, 0.05) is 11.3 Å². The molecule has 0 aromatic carbocycles. The van der Waals surface area contributed by atoms with Crippen LogP contribution in [0.4, 0.5) is 0 Å². The minimum atomic E-state index is 0.102. The van der Waals surface area contributed by atoms with Gasteiger partial charge in [-0.2, -0.15) is 5.10 Å². The third kappa shape index (κ3) is 1.93. The van der Waals surface area contributed by atoms with Gasteiger partial charge in [-0.05, 0) is 31.6 Å². The number of aliphatic hydroxyl groups excluding tert-OH is 1. The van der Waals surface area contributed by atoms with Crippen molar-refractivity contribution < 1.29 is 5.11 Å². The molecule has 0 saturated heterocycles. The largest absolute Gasteiger partial charge is 0.392 e. The van der Waals surface area contributed by atoms with Crippen LogP contribution in [-0.4, -0.2) is 14.9 Å². The van der Waals surface area contributed by atoms with E-state index < -0.39 is 0 Å². The van der Waals surface area contributed by atoms with Gasteiger partial charge in [0.25, 0.3) is 0 Å². The minimum Gasteiger partial charge on any atom is -0.392 e. The first-order valence-electron chi connectivity index (χ1n) is 5.82. The highest BCUT2D eigenvalue weighted by molar-refractivity contribution is 5.21. The molecule has 84 valence electrons. The van der Waals surface area contributed by atoms with Crippen molar-refractivity contribution in [2.75, 3.05) is 0 Å². The predicted octanol–water partition coefficient (Wildman–Crippen LogP) is 2.47. The molecule has 0 radical (unpaired) electrons. The van der Waals surface area contributed by atoms with E-state index in [-0.39, 0.29) is 6.61 Å². The Morgan fingerprint density at radius 1 is 1.47 bits per heavy atom. The lowest BCUT2D eigenvalue weighted by molar-refractivity contribution is 0.279. The molecule has 1 unspecified atom stereocenters. The van der Waals surface area contributed by atoms with E-state index in [0.717, 1.165) is 11.5 Å². The molecule has 1 fully saturated rings. The predicted molar refractivity (Wildman–Crippen MR) is 59.7 cm³/mol. The molecule has 0 amide bonds. The highest BCUT2D eigenvalue weighted by atomic mass is 16.3. The van der Waals surface area contributed by atoms with Gasteiger partial charge >= 0.3 is 0 Å². The Balaban J connectivity index is 2.32. The summed E-state index contributed by atoms with van der Waals surface area (Å²) in [5, 5.41) is 13.7. The van der Waals surface area contributed by atoms with Crippen LogP contribution in [0.2, 0.25) is 0 Å². The fourth-order valence-electron chi connectivity index (χ4n) is 2.27. The van der Waals surface area contributed by atoms with E-state index in [1.165, 1.54) is 18.5 Å². The molecule has 0 bridgehead atoms. The maximum Gasteiger partial charge on any atom is 0.0715 e. The van der Waals surface area contributed by atoms with Crippen molar-refractivity contribution >= 4 is 0 Å². The van der Waals surface area contributed by atoms with Crippen LogP contribution in [0.1, 0.15) is 56.8 Å². The molecule has 1 atom stereocenters. The summed E-state index contributed by atoms with van der Waals surface area (Å²) >= 11 is 0. The van der Waals surface area contributed by atoms with E-state index in [0.29, 0.717) is 12.0 Å². The first-order chi connectivity index (χ1) is 7.15. The number of aromatic nitrogens is 2. The zero-order valence-corrected chi connectivity index (χ0v) is 9.77. The number of aliphatic hydroxyl groups is 1. The van der Waals surface area contributed by atoms with Crippen molar-refractivity contribution in [3.63, 3.8) is 0 Å². The van der Waals surface area contributed by atoms with Crippen molar-refractivity contribution in [3.8, 4) is 0 Å². The Morgan fingerprint density at radius 3 is 2.60 bits per heavy atom. The van der Waals surface area contributed by atoms with Crippen molar-refractivity contribution in [1.29, 1.82) is 0 Å². The van der Waals surface area contributed by atoms with Gasteiger partial charge in [-0.3, -0.25) is 4.68 Å². The molecule has 1 saturated carbocycles. The summed E-state index contributed by atoms with van der Waals surface area (Å²) in [5.74, 6) is 1.23. The van der Waals surface area contributed by atoms with Crippen LogP contribution in [0.5, 0.6) is 0 Å². The van der Waals surface area contributed by atoms with Crippen molar-refractivity contribution in [2.45, 2.75) is 52.2 Å². The third-order valence-electron chi connectivity index (χ3n) is 3.32. The molecule has 3 nitrogen and oxygen atoms in total. The molecule has 1 aliphatic rings. The van der Waals surface area contributed by atoms with Crippen molar-refractivity contribution in [2.24, 2.45) is 5.92 Å². The zero-order valence-electron chi connectivity index (χ0n) is 9.77. The minimum absolute atomic E-state index is 0.102. The average Bonchev–Trinajstić information content (AvgIpc) is 2.95. The highest BCUT2D eigenvalue weighted by Gasteiger charge is 2.31. The second kappa shape index (κ2) is 3.97. The summed E-state index contributed by atoms with van der Waals surface area (Å²) < 4.78 is 2.12. The Labute approximate surface area is 91.1 Å². The van der Waals surface area contributed by atoms with Crippen LogP contribution in [0.15, 0.2) is 6.20 Å². The van der Waals surface area contributed by atoms with Gasteiger partial charge in [0.15, 0.2) is 0 Å². The molecular formula is C12H20N2O. The lowest BCUT2D eigenvalue weighted by Crippen LogP contribution is -2.14. The molecule has 1 heterocycles. The van der Waals surface area contributed by atoms with Crippen LogP contribution in [0.25, 0.3) is 0 Å². The van der Waals surface area contributed by atoms with E-state index in [4.69, 9.17) is 0 Å². The van der Waals surface area contributed by atoms with Gasteiger partial charge in [0.1, 0.15) is 0 Å². The summed E-state index contributed by atoms with van der Waals surface area (Å²) in [7, 11) is 0. The topological polar surface area (TPSA) is 38.1 Å². The number of hydrogen-bond donors (Lipinski definition) is 1. The highest BCUT2D eigenvalue weighted by Crippen LogP contribution is 2.40. The van der Waals surface area contributed by atoms with E-state index in [1.54, 1.807) is 0 Å². The summed E-state index contributed by atoms with van der Waals surface area (Å²) in [6.07, 6.45) is 4.47. The van der Waals surface area contributed by atoms with E-state index in [1.807, 2.05) is 6.20 Å². The van der Waals surface area contributed by atoms with Crippen LogP contribution < -0.4 is 0 Å². The molecule has 3 heteroatoms. The molecule has 1 aromatic heterocycles. The van der Waals surface area contributed by atoms with Gasteiger partial charge in [0.2, 0.25) is 0 Å². The summed E-state index contributed by atoms with van der Waals surface area (Å²) in [5.41, 5.74) is 2.19. The number of rotatable bonds is 4. The Hall–Kier alpha value is -0.830. The van der Waals surface area contributed by atoms with E-state index in [2.05, 4.69) is 30.6 Å². The molecule has 1 aromatic rings. The monoisotopic (exact) mass is 208 g/mol. The Bertz CT molecular complexity index is 339. The van der Waals surface area contributed by atoms with Crippen LogP contribution >= 0.6 is 0 Å². The first-order valence-corrected chi connectivity index (χ1v) is 5.82. The number of hydrogen-bond acceptors (Lipinski definition) is 2. The fraction of sp³-hybridized carbons (Fsp3) is 0.750. The number of nitrogens with zero attached hydrogens (tertiary/aromatic N) is 2. The van der Waals surface area contributed by atoms with Crippen molar-refractivity contribution in [1.82, 2.24) is 9.78 Å². The van der Waals surface area contributed by atoms with E-state index >= 15 is 0 Å². The molecule has 0 aliphatic heterocycles. The molecule has 15 heavy (non-hydrogen) atoms. The third-order valence-corrected chi connectivity index (χ3v) is 3.32. The summed E-state index contributed by atoms with van der Waals surface area (Å²) in [6.45, 7) is 6.65. The summed E-state index contributed by atoms with van der Waals surface area (Å²) in [4.78, 5) is 0. The molecule has 1 aliphatic carbocycles. The molecule has 1 N–H and O–H groups in total. The van der Waals surface area contributed by atoms with Gasteiger partial charge in [-0.1, -0.05) is 13.8 Å². The van der Waals surface area contributed by atoms with Gasteiger partial charge in [-0.25, -0.2) is 0 Å². The van der Waals surface area contributed by atoms with Crippen LogP contribution in [-0.2, 0) is 6.61 Å². The summed E-state index contributed by atoms with van der Waals surface area (Å²) in [6, 6.07) is 0.489. The van der Waals surface area contributed by atoms with Crippen molar-refractivity contribution in [3.05, 3.63) is 17.5 Å². The molecule has 2 rings (SSSR count). The SMILES string of the molecule is CC(C)c1c(CO)cnn1C(C)C1CC1. The van der Waals surface area contributed by atoms with Crippen LogP contribution in [0, 0.1) is 5.92 Å². The first kappa shape index (κ1) is 10.7. The second-order valence-electron chi connectivity index (χ2n) is 4.89. The van der Waals surface area contributed by atoms with Gasteiger partial charge in [-0.15, -0.1) is 0 Å². The molecule has 0 spiro atoms. The fourth-order valence-corrected chi connectivity index (χ4v) is 2.27. The maximum atomic E-state index is 9.26. The Morgan fingerprint density at radius 2 is 2.13 bits per heavy atom. The van der Waals surface area contributed by atoms with Gasteiger partial charge < -0.3 is 5.11 Å². The second-order valence-corrected chi connectivity index (χ2v) is 4.89. The standard InChI is InChI=1S/C12H20N2O/c1-8(2)12-11(7-15)6-13-14(12)9(3)10-4-5-10/h6,8-10,15H,4-5,7H2,1-3H3. The zero-order chi connectivity index (χ0) is 11.0. The maximum absolute atomic E-state index is 9.26. The lowest BCUT2D eigenvalue weighted by Gasteiger charge is -2.18. The van der Waals surface area contributed by atoms with Gasteiger partial charge in [0.05, 0.1) is 18.8 Å². The van der Waals surface area contributed by atoms with Crippen LogP contribution in [0.3, 0.4) is 0 Å². The molecular weight excluding hydrogens is 188 g/mol.